The summed E-state index contributed by atoms with van der Waals surface area (Å²) in [6.45, 7) is 3.69. The van der Waals surface area contributed by atoms with Crippen LogP contribution in [-0.2, 0) is 13.0 Å². The third-order valence-electron chi connectivity index (χ3n) is 3.55. The van der Waals surface area contributed by atoms with Crippen molar-refractivity contribution in [1.29, 1.82) is 0 Å². The molecule has 3 nitrogen and oxygen atoms in total. The van der Waals surface area contributed by atoms with E-state index in [1.165, 1.54) is 5.56 Å². The summed E-state index contributed by atoms with van der Waals surface area (Å²) >= 11 is 0. The van der Waals surface area contributed by atoms with Crippen molar-refractivity contribution in [1.82, 2.24) is 4.90 Å². The minimum Gasteiger partial charge on any atom is -0.478 e. The number of carbonyl (C=O) groups is 1. The molecule has 0 aromatic heterocycles. The molecule has 0 atom stereocenters. The topological polar surface area (TPSA) is 40.5 Å². The van der Waals surface area contributed by atoms with Crippen LogP contribution in [-0.4, -0.2) is 29.6 Å². The minimum atomic E-state index is -0.851. The Hall–Kier alpha value is -2.13. The average Bonchev–Trinajstić information content (AvgIpc) is 2.46. The molecular weight excluding hydrogens is 262 g/mol. The molecule has 2 aromatic carbocycles. The molecule has 0 spiro atoms. The SMILES string of the molecule is Cc1ccc(C(=O)O)c(CCN(C)Cc2ccccc2)c1. The van der Waals surface area contributed by atoms with Crippen molar-refractivity contribution >= 4 is 5.97 Å². The highest BCUT2D eigenvalue weighted by Crippen LogP contribution is 2.13. The largest absolute Gasteiger partial charge is 0.478 e. The molecule has 0 radical (unpaired) electrons. The number of carboxylic acids is 1. The lowest BCUT2D eigenvalue weighted by Gasteiger charge is -2.17. The van der Waals surface area contributed by atoms with Crippen molar-refractivity contribution in [2.45, 2.75) is 19.9 Å². The summed E-state index contributed by atoms with van der Waals surface area (Å²) in [6, 6.07) is 15.8. The van der Waals surface area contributed by atoms with E-state index in [1.807, 2.05) is 37.3 Å². The second-order valence-electron chi connectivity index (χ2n) is 5.44. The summed E-state index contributed by atoms with van der Waals surface area (Å²) in [5, 5.41) is 9.24. The molecule has 110 valence electrons. The molecule has 0 aliphatic rings. The van der Waals surface area contributed by atoms with E-state index in [4.69, 9.17) is 0 Å². The van der Waals surface area contributed by atoms with Crippen LogP contribution >= 0.6 is 0 Å². The minimum absolute atomic E-state index is 0.411. The van der Waals surface area contributed by atoms with Crippen LogP contribution in [0.15, 0.2) is 48.5 Å². The molecule has 2 rings (SSSR count). The molecule has 0 heterocycles. The molecule has 0 saturated heterocycles. The van der Waals surface area contributed by atoms with E-state index in [1.54, 1.807) is 6.07 Å². The third-order valence-corrected chi connectivity index (χ3v) is 3.55. The fourth-order valence-corrected chi connectivity index (χ4v) is 2.42. The van der Waals surface area contributed by atoms with Gasteiger partial charge in [-0.2, -0.15) is 0 Å². The van der Waals surface area contributed by atoms with Gasteiger partial charge in [-0.25, -0.2) is 4.79 Å². The van der Waals surface area contributed by atoms with Gasteiger partial charge in [0, 0.05) is 13.1 Å². The first-order valence-electron chi connectivity index (χ1n) is 7.11. The van der Waals surface area contributed by atoms with Crippen molar-refractivity contribution in [3.8, 4) is 0 Å². The van der Waals surface area contributed by atoms with Crippen LogP contribution in [0.2, 0.25) is 0 Å². The summed E-state index contributed by atoms with van der Waals surface area (Å²) in [5.74, 6) is -0.851. The van der Waals surface area contributed by atoms with Gasteiger partial charge >= 0.3 is 5.97 Å². The fraction of sp³-hybridized carbons (Fsp3) is 0.278. The molecule has 0 amide bonds. The molecule has 0 aliphatic heterocycles. The first-order chi connectivity index (χ1) is 10.1. The summed E-state index contributed by atoms with van der Waals surface area (Å²) in [7, 11) is 2.06. The van der Waals surface area contributed by atoms with Gasteiger partial charge in [0.15, 0.2) is 0 Å². The zero-order valence-electron chi connectivity index (χ0n) is 12.5. The number of aryl methyl sites for hydroxylation is 1. The Kier molecular flexibility index (Phi) is 5.12. The zero-order chi connectivity index (χ0) is 15.2. The highest BCUT2D eigenvalue weighted by atomic mass is 16.4. The molecule has 0 fully saturated rings. The Morgan fingerprint density at radius 3 is 2.52 bits per heavy atom. The van der Waals surface area contributed by atoms with Gasteiger partial charge in [0.1, 0.15) is 0 Å². The van der Waals surface area contributed by atoms with E-state index in [9.17, 15) is 9.90 Å². The quantitative estimate of drug-likeness (QED) is 0.883. The second-order valence-corrected chi connectivity index (χ2v) is 5.44. The summed E-state index contributed by atoms with van der Waals surface area (Å²) in [4.78, 5) is 13.5. The standard InChI is InChI=1S/C18H21NO2/c1-14-8-9-17(18(20)21)16(12-14)10-11-19(2)13-15-6-4-3-5-7-15/h3-9,12H,10-11,13H2,1-2H3,(H,20,21). The number of carboxylic acid groups (broad SMARTS) is 1. The Balaban J connectivity index is 1.99. The molecule has 0 bridgehead atoms. The van der Waals surface area contributed by atoms with Gasteiger partial charge < -0.3 is 10.0 Å². The van der Waals surface area contributed by atoms with Gasteiger partial charge in [-0.3, -0.25) is 0 Å². The van der Waals surface area contributed by atoms with E-state index in [2.05, 4.69) is 24.1 Å². The molecule has 21 heavy (non-hydrogen) atoms. The molecule has 0 saturated carbocycles. The molecule has 1 N–H and O–H groups in total. The number of rotatable bonds is 6. The highest BCUT2D eigenvalue weighted by Gasteiger charge is 2.10. The van der Waals surface area contributed by atoms with Crippen LogP contribution in [0.1, 0.15) is 27.0 Å². The van der Waals surface area contributed by atoms with Crippen molar-refractivity contribution in [2.75, 3.05) is 13.6 Å². The van der Waals surface area contributed by atoms with Gasteiger partial charge in [0.05, 0.1) is 5.56 Å². The summed E-state index contributed by atoms with van der Waals surface area (Å²) < 4.78 is 0. The van der Waals surface area contributed by atoms with Crippen LogP contribution in [0.5, 0.6) is 0 Å². The van der Waals surface area contributed by atoms with Gasteiger partial charge in [0.2, 0.25) is 0 Å². The lowest BCUT2D eigenvalue weighted by Crippen LogP contribution is -2.21. The monoisotopic (exact) mass is 283 g/mol. The second kappa shape index (κ2) is 7.04. The number of hydrogen-bond donors (Lipinski definition) is 1. The third kappa shape index (κ3) is 4.43. The van der Waals surface area contributed by atoms with Crippen LogP contribution < -0.4 is 0 Å². The maximum atomic E-state index is 11.3. The molecular formula is C18H21NO2. The van der Waals surface area contributed by atoms with E-state index >= 15 is 0 Å². The summed E-state index contributed by atoms with van der Waals surface area (Å²) in [5.41, 5.74) is 3.68. The van der Waals surface area contributed by atoms with Crippen molar-refractivity contribution in [2.24, 2.45) is 0 Å². The lowest BCUT2D eigenvalue weighted by atomic mass is 10.0. The fourth-order valence-electron chi connectivity index (χ4n) is 2.42. The van der Waals surface area contributed by atoms with Gasteiger partial charge in [-0.05, 0) is 37.6 Å². The van der Waals surface area contributed by atoms with Crippen molar-refractivity contribution < 1.29 is 9.90 Å². The van der Waals surface area contributed by atoms with Gasteiger partial charge in [-0.1, -0.05) is 48.0 Å². The molecule has 0 aliphatic carbocycles. The first kappa shape index (κ1) is 15.3. The van der Waals surface area contributed by atoms with E-state index in [0.29, 0.717) is 5.56 Å². The number of aromatic carboxylic acids is 1. The Bertz CT molecular complexity index is 608. The average molecular weight is 283 g/mol. The van der Waals surface area contributed by atoms with Crippen LogP contribution in [0.4, 0.5) is 0 Å². The predicted octanol–water partition coefficient (Wildman–Crippen LogP) is 3.37. The number of hydrogen-bond acceptors (Lipinski definition) is 2. The smallest absolute Gasteiger partial charge is 0.335 e. The van der Waals surface area contributed by atoms with Crippen molar-refractivity contribution in [3.63, 3.8) is 0 Å². The highest BCUT2D eigenvalue weighted by molar-refractivity contribution is 5.89. The lowest BCUT2D eigenvalue weighted by molar-refractivity contribution is 0.0695. The van der Waals surface area contributed by atoms with Crippen molar-refractivity contribution in [3.05, 3.63) is 70.8 Å². The maximum absolute atomic E-state index is 11.3. The van der Waals surface area contributed by atoms with Crippen LogP contribution in [0.25, 0.3) is 0 Å². The Morgan fingerprint density at radius 2 is 1.86 bits per heavy atom. The first-order valence-corrected chi connectivity index (χ1v) is 7.11. The normalized spacial score (nSPS) is 10.8. The molecule has 3 heteroatoms. The summed E-state index contributed by atoms with van der Waals surface area (Å²) in [6.07, 6.45) is 0.743. The van der Waals surface area contributed by atoms with E-state index in [0.717, 1.165) is 30.6 Å². The van der Waals surface area contributed by atoms with E-state index < -0.39 is 5.97 Å². The van der Waals surface area contributed by atoms with Crippen LogP contribution in [0.3, 0.4) is 0 Å². The number of likely N-dealkylation sites (N-methyl/N-ethyl adjacent to an activating group) is 1. The molecule has 0 unspecified atom stereocenters. The van der Waals surface area contributed by atoms with Gasteiger partial charge in [-0.15, -0.1) is 0 Å². The van der Waals surface area contributed by atoms with E-state index in [-0.39, 0.29) is 0 Å². The maximum Gasteiger partial charge on any atom is 0.335 e. The Labute approximate surface area is 125 Å². The Morgan fingerprint density at radius 1 is 1.14 bits per heavy atom. The predicted molar refractivity (Wildman–Crippen MR) is 84.6 cm³/mol. The van der Waals surface area contributed by atoms with Crippen LogP contribution in [0, 0.1) is 6.92 Å². The number of benzene rings is 2. The molecule has 2 aromatic rings. The zero-order valence-corrected chi connectivity index (χ0v) is 12.5. The van der Waals surface area contributed by atoms with Gasteiger partial charge in [0.25, 0.3) is 0 Å². The number of nitrogens with zero attached hydrogens (tertiary/aromatic N) is 1.